The second kappa shape index (κ2) is 10.9. The van der Waals surface area contributed by atoms with E-state index in [-0.39, 0.29) is 0 Å². The molecular formula is C12H23NS. The topological polar surface area (TPSA) is 3.24 Å². The standard InChI is InChI=1S/C8H15N.C4H8S/c1-2-6-9-7-4-3-5-8-9;1-3-4-5-2/h2H,1,3-8H2;3-4H,1-2H3/b;4-3+. The zero-order valence-corrected chi connectivity index (χ0v) is 10.4. The molecule has 14 heavy (non-hydrogen) atoms. The van der Waals surface area contributed by atoms with Crippen molar-refractivity contribution in [3.63, 3.8) is 0 Å². The van der Waals surface area contributed by atoms with Gasteiger partial charge < -0.3 is 0 Å². The van der Waals surface area contributed by atoms with E-state index in [2.05, 4.69) is 11.5 Å². The van der Waals surface area contributed by atoms with E-state index in [1.807, 2.05) is 30.7 Å². The number of allylic oxidation sites excluding steroid dienone is 1. The molecule has 0 bridgehead atoms. The number of rotatable bonds is 3. The summed E-state index contributed by atoms with van der Waals surface area (Å²) in [7, 11) is 0. The van der Waals surface area contributed by atoms with Gasteiger partial charge in [-0.05, 0) is 44.5 Å². The van der Waals surface area contributed by atoms with Gasteiger partial charge in [0.1, 0.15) is 0 Å². The lowest BCUT2D eigenvalue weighted by Crippen LogP contribution is -2.29. The number of likely N-dealkylation sites (tertiary alicyclic amines) is 1. The van der Waals surface area contributed by atoms with Crippen molar-refractivity contribution in [2.75, 3.05) is 25.9 Å². The highest BCUT2D eigenvalue weighted by atomic mass is 32.2. The molecule has 0 spiro atoms. The van der Waals surface area contributed by atoms with Crippen molar-refractivity contribution in [2.24, 2.45) is 0 Å². The molecule has 0 aliphatic carbocycles. The summed E-state index contributed by atoms with van der Waals surface area (Å²) in [5, 5.41) is 2.04. The van der Waals surface area contributed by atoms with Crippen molar-refractivity contribution in [2.45, 2.75) is 26.2 Å². The van der Waals surface area contributed by atoms with Gasteiger partial charge in [0, 0.05) is 6.54 Å². The number of thioether (sulfide) groups is 1. The highest BCUT2D eigenvalue weighted by Crippen LogP contribution is 2.07. The molecule has 0 amide bonds. The number of piperidine rings is 1. The van der Waals surface area contributed by atoms with Gasteiger partial charge in [0.2, 0.25) is 0 Å². The zero-order chi connectivity index (χ0) is 10.6. The predicted molar refractivity (Wildman–Crippen MR) is 68.8 cm³/mol. The lowest BCUT2D eigenvalue weighted by Gasteiger charge is -2.24. The fourth-order valence-corrected chi connectivity index (χ4v) is 1.73. The van der Waals surface area contributed by atoms with Crippen LogP contribution in [0.5, 0.6) is 0 Å². The summed E-state index contributed by atoms with van der Waals surface area (Å²) in [6, 6.07) is 0. The van der Waals surface area contributed by atoms with Crippen molar-refractivity contribution in [1.29, 1.82) is 0 Å². The van der Waals surface area contributed by atoms with E-state index in [0.717, 1.165) is 6.54 Å². The first kappa shape index (κ1) is 13.8. The molecule has 0 N–H and O–H groups in total. The Morgan fingerprint density at radius 2 is 1.93 bits per heavy atom. The Morgan fingerprint density at radius 3 is 2.29 bits per heavy atom. The van der Waals surface area contributed by atoms with Gasteiger partial charge in [0.05, 0.1) is 0 Å². The molecule has 1 fully saturated rings. The second-order valence-corrected chi connectivity index (χ2v) is 4.10. The number of hydrogen-bond acceptors (Lipinski definition) is 2. The molecule has 0 aromatic carbocycles. The average molecular weight is 213 g/mol. The molecule has 1 aliphatic rings. The monoisotopic (exact) mass is 213 g/mol. The van der Waals surface area contributed by atoms with Crippen molar-refractivity contribution < 1.29 is 0 Å². The molecule has 2 heteroatoms. The molecule has 0 radical (unpaired) electrons. The Kier molecular flexibility index (Phi) is 10.7. The third-order valence-corrected chi connectivity index (χ3v) is 2.65. The Balaban J connectivity index is 0.000000292. The first-order chi connectivity index (χ1) is 6.85. The minimum absolute atomic E-state index is 1.08. The summed E-state index contributed by atoms with van der Waals surface area (Å²) in [6.45, 7) is 9.37. The first-order valence-electron chi connectivity index (χ1n) is 5.32. The van der Waals surface area contributed by atoms with Crippen molar-refractivity contribution in [3.8, 4) is 0 Å². The van der Waals surface area contributed by atoms with Gasteiger partial charge in [-0.25, -0.2) is 0 Å². The molecule has 0 saturated carbocycles. The van der Waals surface area contributed by atoms with E-state index >= 15 is 0 Å². The highest BCUT2D eigenvalue weighted by molar-refractivity contribution is 8.01. The van der Waals surface area contributed by atoms with E-state index in [4.69, 9.17) is 0 Å². The average Bonchev–Trinajstić information content (AvgIpc) is 2.22. The minimum atomic E-state index is 1.08. The summed E-state index contributed by atoms with van der Waals surface area (Å²) in [5.41, 5.74) is 0. The van der Waals surface area contributed by atoms with Crippen LogP contribution < -0.4 is 0 Å². The van der Waals surface area contributed by atoms with Crippen LogP contribution in [0.25, 0.3) is 0 Å². The van der Waals surface area contributed by atoms with Crippen LogP contribution in [0.4, 0.5) is 0 Å². The van der Waals surface area contributed by atoms with Gasteiger partial charge in [0.15, 0.2) is 0 Å². The van der Waals surface area contributed by atoms with Gasteiger partial charge >= 0.3 is 0 Å². The largest absolute Gasteiger partial charge is 0.300 e. The molecule has 0 atom stereocenters. The quantitative estimate of drug-likeness (QED) is 0.660. The number of hydrogen-bond donors (Lipinski definition) is 0. The van der Waals surface area contributed by atoms with E-state index < -0.39 is 0 Å². The van der Waals surface area contributed by atoms with Crippen molar-refractivity contribution in [1.82, 2.24) is 4.90 Å². The van der Waals surface area contributed by atoms with E-state index in [9.17, 15) is 0 Å². The molecular weight excluding hydrogens is 190 g/mol. The Bertz CT molecular complexity index is 148. The highest BCUT2D eigenvalue weighted by Gasteiger charge is 2.06. The predicted octanol–water partition coefficient (Wildman–Crippen LogP) is 3.54. The van der Waals surface area contributed by atoms with Crippen LogP contribution in [0.3, 0.4) is 0 Å². The maximum atomic E-state index is 3.71. The Morgan fingerprint density at radius 1 is 1.29 bits per heavy atom. The van der Waals surface area contributed by atoms with Crippen LogP contribution in [0.2, 0.25) is 0 Å². The van der Waals surface area contributed by atoms with Crippen LogP contribution in [-0.2, 0) is 0 Å². The van der Waals surface area contributed by atoms with E-state index in [0.29, 0.717) is 0 Å². The fraction of sp³-hybridized carbons (Fsp3) is 0.667. The van der Waals surface area contributed by atoms with Crippen LogP contribution in [0.15, 0.2) is 24.1 Å². The Hall–Kier alpha value is -0.210. The van der Waals surface area contributed by atoms with Gasteiger partial charge in [-0.1, -0.05) is 18.6 Å². The fourth-order valence-electron chi connectivity index (χ4n) is 1.46. The van der Waals surface area contributed by atoms with E-state index in [1.165, 1.54) is 32.4 Å². The molecule has 0 aromatic rings. The molecule has 82 valence electrons. The molecule has 1 nitrogen and oxygen atoms in total. The van der Waals surface area contributed by atoms with E-state index in [1.54, 1.807) is 11.8 Å². The van der Waals surface area contributed by atoms with Crippen molar-refractivity contribution >= 4 is 11.8 Å². The van der Waals surface area contributed by atoms with Gasteiger partial charge in [-0.3, -0.25) is 4.90 Å². The summed E-state index contributed by atoms with van der Waals surface area (Å²) in [4.78, 5) is 2.45. The van der Waals surface area contributed by atoms with Crippen molar-refractivity contribution in [3.05, 3.63) is 24.1 Å². The SMILES string of the molecule is C/C=C/SC.C=CCN1CCCCC1. The summed E-state index contributed by atoms with van der Waals surface area (Å²) in [5.74, 6) is 0. The van der Waals surface area contributed by atoms with Gasteiger partial charge in [-0.2, -0.15) is 0 Å². The zero-order valence-electron chi connectivity index (χ0n) is 9.54. The van der Waals surface area contributed by atoms with Crippen LogP contribution >= 0.6 is 11.8 Å². The van der Waals surface area contributed by atoms with Crippen LogP contribution in [-0.4, -0.2) is 30.8 Å². The lowest BCUT2D eigenvalue weighted by molar-refractivity contribution is 0.251. The maximum absolute atomic E-state index is 3.71. The smallest absolute Gasteiger partial charge is 0.0160 e. The molecule has 1 heterocycles. The molecule has 1 rings (SSSR count). The molecule has 0 unspecified atom stereocenters. The number of nitrogens with zero attached hydrogens (tertiary/aromatic N) is 1. The van der Waals surface area contributed by atoms with Crippen LogP contribution in [0, 0.1) is 0 Å². The minimum Gasteiger partial charge on any atom is -0.300 e. The van der Waals surface area contributed by atoms with Crippen LogP contribution in [0.1, 0.15) is 26.2 Å². The van der Waals surface area contributed by atoms with Gasteiger partial charge in [-0.15, -0.1) is 18.3 Å². The Labute approximate surface area is 93.3 Å². The third kappa shape index (κ3) is 8.39. The third-order valence-electron chi connectivity index (χ3n) is 2.11. The lowest BCUT2D eigenvalue weighted by atomic mass is 10.1. The molecule has 1 aliphatic heterocycles. The summed E-state index contributed by atoms with van der Waals surface area (Å²) >= 11 is 1.72. The molecule has 0 aromatic heterocycles. The maximum Gasteiger partial charge on any atom is 0.0160 e. The first-order valence-corrected chi connectivity index (χ1v) is 6.61. The molecule has 1 saturated heterocycles. The summed E-state index contributed by atoms with van der Waals surface area (Å²) in [6.07, 6.45) is 10.2. The van der Waals surface area contributed by atoms with Gasteiger partial charge in [0.25, 0.3) is 0 Å². The normalized spacial score (nSPS) is 17.6. The summed E-state index contributed by atoms with van der Waals surface area (Å²) < 4.78 is 0. The second-order valence-electron chi connectivity index (χ2n) is 3.36.